The van der Waals surface area contributed by atoms with Crippen LogP contribution in [0.4, 0.5) is 4.39 Å². The number of rotatable bonds is 3. The fourth-order valence-corrected chi connectivity index (χ4v) is 2.66. The largest absolute Gasteiger partial charge is 0.497 e. The minimum atomic E-state index is -0.164. The van der Waals surface area contributed by atoms with Gasteiger partial charge >= 0.3 is 0 Å². The molecule has 0 aromatic heterocycles. The molecular weight excluding hydrogens is 275 g/mol. The quantitative estimate of drug-likeness (QED) is 0.738. The maximum Gasteiger partial charge on any atom is 0.118 e. The van der Waals surface area contributed by atoms with Crippen LogP contribution >= 0.6 is 0 Å². The summed E-state index contributed by atoms with van der Waals surface area (Å²) in [5.74, 6) is 0.605. The number of hydrogen-bond acceptors (Lipinski definition) is 1. The van der Waals surface area contributed by atoms with Gasteiger partial charge in [-0.05, 0) is 42.2 Å². The van der Waals surface area contributed by atoms with Gasteiger partial charge < -0.3 is 4.74 Å². The summed E-state index contributed by atoms with van der Waals surface area (Å²) < 4.78 is 19.7. The molecule has 0 heterocycles. The van der Waals surface area contributed by atoms with E-state index in [0.29, 0.717) is 12.0 Å². The predicted molar refractivity (Wildman–Crippen MR) is 89.1 cm³/mol. The number of halogens is 1. The molecule has 0 atom stereocenters. The Morgan fingerprint density at radius 3 is 2.18 bits per heavy atom. The normalized spacial score (nSPS) is 14.8. The molecule has 0 spiro atoms. The highest BCUT2D eigenvalue weighted by Crippen LogP contribution is 2.39. The van der Waals surface area contributed by atoms with Gasteiger partial charge in [0.1, 0.15) is 11.6 Å². The van der Waals surface area contributed by atoms with Crippen LogP contribution in [0.1, 0.15) is 23.1 Å². The third-order valence-corrected chi connectivity index (χ3v) is 3.87. The molecule has 0 unspecified atom stereocenters. The van der Waals surface area contributed by atoms with E-state index in [9.17, 15) is 4.39 Å². The first-order valence-corrected chi connectivity index (χ1v) is 7.34. The van der Waals surface area contributed by atoms with Crippen LogP contribution in [0, 0.1) is 13.3 Å². The minimum absolute atomic E-state index is 0.164. The first-order valence-electron chi connectivity index (χ1n) is 7.34. The van der Waals surface area contributed by atoms with Gasteiger partial charge in [-0.25, -0.2) is 4.39 Å². The van der Waals surface area contributed by atoms with Crippen molar-refractivity contribution < 1.29 is 9.13 Å². The van der Waals surface area contributed by atoms with E-state index < -0.39 is 0 Å². The van der Waals surface area contributed by atoms with Crippen molar-refractivity contribution in [3.05, 3.63) is 83.5 Å². The van der Waals surface area contributed by atoms with Gasteiger partial charge in [-0.2, -0.15) is 0 Å². The van der Waals surface area contributed by atoms with E-state index in [-0.39, 0.29) is 5.83 Å². The Labute approximate surface area is 130 Å². The SMILES string of the molecule is COc1ccc(C2=C(F)[CH]CC=C2c2ccc(C)cc2)cc1. The average Bonchev–Trinajstić information content (AvgIpc) is 2.55. The molecular formula is C20H18FO. The molecule has 1 radical (unpaired) electrons. The Hall–Kier alpha value is -2.35. The Morgan fingerprint density at radius 2 is 1.55 bits per heavy atom. The average molecular weight is 293 g/mol. The minimum Gasteiger partial charge on any atom is -0.497 e. The molecule has 0 fully saturated rings. The molecule has 0 N–H and O–H groups in total. The molecule has 111 valence electrons. The zero-order valence-electron chi connectivity index (χ0n) is 12.8. The predicted octanol–water partition coefficient (Wildman–Crippen LogP) is 5.38. The lowest BCUT2D eigenvalue weighted by Crippen LogP contribution is -1.99. The van der Waals surface area contributed by atoms with Crippen LogP contribution in [0.2, 0.25) is 0 Å². The van der Waals surface area contributed by atoms with Crippen molar-refractivity contribution in [2.75, 3.05) is 7.11 Å². The molecule has 1 aliphatic rings. The van der Waals surface area contributed by atoms with Crippen LogP contribution in [0.15, 0.2) is 60.4 Å². The first-order chi connectivity index (χ1) is 10.7. The van der Waals surface area contributed by atoms with Gasteiger partial charge in [0.05, 0.1) is 7.11 Å². The third kappa shape index (κ3) is 2.82. The summed E-state index contributed by atoms with van der Waals surface area (Å²) in [6, 6.07) is 15.7. The van der Waals surface area contributed by atoms with Crippen molar-refractivity contribution in [2.45, 2.75) is 13.3 Å². The summed E-state index contributed by atoms with van der Waals surface area (Å²) in [5.41, 5.74) is 4.70. The van der Waals surface area contributed by atoms with Gasteiger partial charge in [0.15, 0.2) is 0 Å². The second-order valence-electron chi connectivity index (χ2n) is 5.38. The second-order valence-corrected chi connectivity index (χ2v) is 5.38. The van der Waals surface area contributed by atoms with Crippen molar-refractivity contribution in [1.29, 1.82) is 0 Å². The summed E-state index contributed by atoms with van der Waals surface area (Å²) in [6.07, 6.45) is 4.32. The topological polar surface area (TPSA) is 9.23 Å². The summed E-state index contributed by atoms with van der Waals surface area (Å²) >= 11 is 0. The maximum atomic E-state index is 14.5. The second kappa shape index (κ2) is 6.18. The van der Waals surface area contributed by atoms with E-state index in [0.717, 1.165) is 22.4 Å². The van der Waals surface area contributed by atoms with E-state index in [4.69, 9.17) is 4.74 Å². The van der Waals surface area contributed by atoms with E-state index in [1.165, 1.54) is 5.56 Å². The lowest BCUT2D eigenvalue weighted by atomic mass is 9.86. The third-order valence-electron chi connectivity index (χ3n) is 3.87. The van der Waals surface area contributed by atoms with Crippen LogP contribution in [-0.4, -0.2) is 7.11 Å². The van der Waals surface area contributed by atoms with Crippen LogP contribution in [0.25, 0.3) is 11.1 Å². The fourth-order valence-electron chi connectivity index (χ4n) is 2.66. The molecule has 0 bridgehead atoms. The zero-order valence-corrected chi connectivity index (χ0v) is 12.8. The molecule has 22 heavy (non-hydrogen) atoms. The number of hydrogen-bond donors (Lipinski definition) is 0. The van der Waals surface area contributed by atoms with Gasteiger partial charge in [-0.15, -0.1) is 0 Å². The molecule has 2 heteroatoms. The molecule has 0 saturated heterocycles. The van der Waals surface area contributed by atoms with E-state index in [2.05, 4.69) is 18.2 Å². The van der Waals surface area contributed by atoms with Crippen LogP contribution in [0.3, 0.4) is 0 Å². The summed E-state index contributed by atoms with van der Waals surface area (Å²) in [6.45, 7) is 2.05. The Kier molecular flexibility index (Phi) is 4.10. The highest BCUT2D eigenvalue weighted by molar-refractivity contribution is 6.07. The van der Waals surface area contributed by atoms with Crippen LogP contribution in [0.5, 0.6) is 5.75 Å². The Bertz CT molecular complexity index is 721. The highest BCUT2D eigenvalue weighted by atomic mass is 19.1. The number of aryl methyl sites for hydroxylation is 1. The van der Waals surface area contributed by atoms with Crippen molar-refractivity contribution in [2.24, 2.45) is 0 Å². The monoisotopic (exact) mass is 293 g/mol. The lowest BCUT2D eigenvalue weighted by Gasteiger charge is -2.19. The van der Waals surface area contributed by atoms with Crippen molar-refractivity contribution >= 4 is 11.1 Å². The van der Waals surface area contributed by atoms with Crippen LogP contribution in [-0.2, 0) is 0 Å². The van der Waals surface area contributed by atoms with Crippen molar-refractivity contribution in [1.82, 2.24) is 0 Å². The number of allylic oxidation sites excluding steroid dienone is 4. The molecule has 0 aliphatic heterocycles. The molecule has 0 saturated carbocycles. The summed E-state index contributed by atoms with van der Waals surface area (Å²) in [5, 5.41) is 0. The number of ether oxygens (including phenoxy) is 1. The van der Waals surface area contributed by atoms with Gasteiger partial charge in [-0.3, -0.25) is 0 Å². The molecule has 3 rings (SSSR count). The van der Waals surface area contributed by atoms with Crippen LogP contribution < -0.4 is 4.74 Å². The fraction of sp³-hybridized carbons (Fsp3) is 0.150. The zero-order chi connectivity index (χ0) is 15.5. The Balaban J connectivity index is 2.05. The van der Waals surface area contributed by atoms with Gasteiger partial charge in [0.2, 0.25) is 0 Å². The maximum absolute atomic E-state index is 14.5. The standard InChI is InChI=1S/C20H18FO/c1-14-6-8-15(9-7-14)18-4-3-5-19(21)20(18)16-10-12-17(22-2)13-11-16/h4-13H,3H2,1-2H3. The van der Waals surface area contributed by atoms with Crippen molar-refractivity contribution in [3.8, 4) is 5.75 Å². The summed E-state index contributed by atoms with van der Waals surface area (Å²) in [7, 11) is 1.63. The molecule has 1 nitrogen and oxygen atoms in total. The smallest absolute Gasteiger partial charge is 0.118 e. The molecule has 2 aromatic carbocycles. The van der Waals surface area contributed by atoms with Gasteiger partial charge in [0, 0.05) is 12.0 Å². The number of benzene rings is 2. The van der Waals surface area contributed by atoms with Gasteiger partial charge in [-0.1, -0.05) is 48.0 Å². The Morgan fingerprint density at radius 1 is 0.909 bits per heavy atom. The molecule has 2 aromatic rings. The van der Waals surface area contributed by atoms with E-state index >= 15 is 0 Å². The molecule has 1 aliphatic carbocycles. The molecule has 0 amide bonds. The highest BCUT2D eigenvalue weighted by Gasteiger charge is 2.19. The van der Waals surface area contributed by atoms with Crippen molar-refractivity contribution in [3.63, 3.8) is 0 Å². The van der Waals surface area contributed by atoms with E-state index in [1.807, 2.05) is 43.3 Å². The number of methoxy groups -OCH3 is 1. The first kappa shape index (κ1) is 14.6. The van der Waals surface area contributed by atoms with E-state index in [1.54, 1.807) is 13.5 Å². The lowest BCUT2D eigenvalue weighted by molar-refractivity contribution is 0.415. The van der Waals surface area contributed by atoms with Gasteiger partial charge in [0.25, 0.3) is 0 Å². The summed E-state index contributed by atoms with van der Waals surface area (Å²) in [4.78, 5) is 0.